The van der Waals surface area contributed by atoms with Gasteiger partial charge >= 0.3 is 0 Å². The summed E-state index contributed by atoms with van der Waals surface area (Å²) in [6.45, 7) is 2.12. The molecule has 0 spiro atoms. The third-order valence-corrected chi connectivity index (χ3v) is 4.56. The van der Waals surface area contributed by atoms with E-state index in [-0.39, 0.29) is 0 Å². The van der Waals surface area contributed by atoms with Crippen LogP contribution in [0, 0.1) is 6.92 Å². The molecule has 0 aromatic heterocycles. The van der Waals surface area contributed by atoms with Gasteiger partial charge < -0.3 is 5.32 Å². The predicted molar refractivity (Wildman–Crippen MR) is 89.7 cm³/mol. The molecule has 1 fully saturated rings. The van der Waals surface area contributed by atoms with Crippen molar-refractivity contribution in [1.82, 2.24) is 0 Å². The zero-order chi connectivity index (χ0) is 14.1. The van der Waals surface area contributed by atoms with Crippen LogP contribution >= 0.6 is 27.5 Å². The molecular weight excluding hydrogens is 334 g/mol. The van der Waals surface area contributed by atoms with E-state index in [9.17, 15) is 0 Å². The van der Waals surface area contributed by atoms with Gasteiger partial charge in [-0.3, -0.25) is 0 Å². The second-order valence-corrected chi connectivity index (χ2v) is 6.93. The van der Waals surface area contributed by atoms with Crippen molar-refractivity contribution in [3.05, 3.63) is 63.1 Å². The molecule has 1 aliphatic rings. The maximum atomic E-state index is 6.05. The summed E-state index contributed by atoms with van der Waals surface area (Å²) in [7, 11) is 0. The fourth-order valence-corrected chi connectivity index (χ4v) is 3.63. The van der Waals surface area contributed by atoms with E-state index in [1.807, 2.05) is 12.1 Å². The van der Waals surface area contributed by atoms with Gasteiger partial charge in [0.05, 0.1) is 0 Å². The molecule has 3 rings (SSSR count). The fourth-order valence-electron chi connectivity index (χ4n) is 2.82. The SMILES string of the molecule is Cc1cc(Br)cc(NC2CC(c3cccc(Cl)c3)C2)c1. The molecule has 0 radical (unpaired) electrons. The van der Waals surface area contributed by atoms with E-state index in [1.165, 1.54) is 29.7 Å². The van der Waals surface area contributed by atoms with Crippen LogP contribution in [0.4, 0.5) is 5.69 Å². The number of hydrogen-bond donors (Lipinski definition) is 1. The molecule has 1 saturated carbocycles. The van der Waals surface area contributed by atoms with E-state index in [1.54, 1.807) is 0 Å². The van der Waals surface area contributed by atoms with Gasteiger partial charge in [0.25, 0.3) is 0 Å². The molecule has 1 N–H and O–H groups in total. The minimum Gasteiger partial charge on any atom is -0.382 e. The van der Waals surface area contributed by atoms with Gasteiger partial charge in [-0.05, 0) is 67.1 Å². The van der Waals surface area contributed by atoms with E-state index in [0.29, 0.717) is 12.0 Å². The highest BCUT2D eigenvalue weighted by Gasteiger charge is 2.30. The second kappa shape index (κ2) is 5.79. The van der Waals surface area contributed by atoms with Gasteiger partial charge in [-0.25, -0.2) is 0 Å². The summed E-state index contributed by atoms with van der Waals surface area (Å²) >= 11 is 9.59. The Kier molecular flexibility index (Phi) is 4.04. The fraction of sp³-hybridized carbons (Fsp3) is 0.294. The molecule has 0 amide bonds. The van der Waals surface area contributed by atoms with Gasteiger partial charge in [0.1, 0.15) is 0 Å². The first-order valence-electron chi connectivity index (χ1n) is 6.89. The summed E-state index contributed by atoms with van der Waals surface area (Å²) in [6.07, 6.45) is 2.35. The number of rotatable bonds is 3. The van der Waals surface area contributed by atoms with E-state index >= 15 is 0 Å². The van der Waals surface area contributed by atoms with Crippen molar-refractivity contribution >= 4 is 33.2 Å². The van der Waals surface area contributed by atoms with Crippen LogP contribution in [0.2, 0.25) is 5.02 Å². The number of aryl methyl sites for hydroxylation is 1. The van der Waals surface area contributed by atoms with E-state index in [0.717, 1.165) is 9.50 Å². The summed E-state index contributed by atoms with van der Waals surface area (Å²) in [5, 5.41) is 4.45. The van der Waals surface area contributed by atoms with Crippen molar-refractivity contribution in [2.45, 2.75) is 31.7 Å². The molecule has 0 saturated heterocycles. The molecule has 0 bridgehead atoms. The highest BCUT2D eigenvalue weighted by atomic mass is 79.9. The first kappa shape index (κ1) is 14.0. The molecule has 0 atom stereocenters. The van der Waals surface area contributed by atoms with Crippen molar-refractivity contribution in [2.24, 2.45) is 0 Å². The summed E-state index contributed by atoms with van der Waals surface area (Å²) in [5.41, 5.74) is 3.83. The molecule has 0 unspecified atom stereocenters. The Hall–Kier alpha value is -0.990. The quantitative estimate of drug-likeness (QED) is 0.741. The average Bonchev–Trinajstić information content (AvgIpc) is 2.32. The lowest BCUT2D eigenvalue weighted by molar-refractivity contribution is 0.374. The Bertz CT molecular complexity index is 600. The zero-order valence-electron chi connectivity index (χ0n) is 11.4. The first-order valence-corrected chi connectivity index (χ1v) is 8.06. The molecule has 0 heterocycles. The van der Waals surface area contributed by atoms with Gasteiger partial charge in [-0.2, -0.15) is 0 Å². The van der Waals surface area contributed by atoms with Gasteiger partial charge in [-0.1, -0.05) is 39.7 Å². The minimum absolute atomic E-state index is 0.563. The Balaban J connectivity index is 1.61. The maximum Gasteiger partial charge on any atom is 0.0408 e. The number of benzene rings is 2. The number of nitrogens with one attached hydrogen (secondary N) is 1. The van der Waals surface area contributed by atoms with Crippen LogP contribution < -0.4 is 5.32 Å². The lowest BCUT2D eigenvalue weighted by Crippen LogP contribution is -2.34. The van der Waals surface area contributed by atoms with Gasteiger partial charge in [-0.15, -0.1) is 0 Å². The molecule has 20 heavy (non-hydrogen) atoms. The summed E-state index contributed by atoms with van der Waals surface area (Å²) in [5.74, 6) is 0.638. The lowest BCUT2D eigenvalue weighted by atomic mass is 9.76. The molecule has 2 aromatic carbocycles. The third kappa shape index (κ3) is 3.18. The first-order chi connectivity index (χ1) is 9.60. The normalized spacial score (nSPS) is 21.4. The zero-order valence-corrected chi connectivity index (χ0v) is 13.7. The van der Waals surface area contributed by atoms with Gasteiger partial charge in [0.2, 0.25) is 0 Å². The number of hydrogen-bond acceptors (Lipinski definition) is 1. The molecular formula is C17H17BrClN. The van der Waals surface area contributed by atoms with Crippen LogP contribution in [0.3, 0.4) is 0 Å². The number of halogens is 2. The number of anilines is 1. The monoisotopic (exact) mass is 349 g/mol. The van der Waals surface area contributed by atoms with Crippen LogP contribution in [0.25, 0.3) is 0 Å². The van der Waals surface area contributed by atoms with E-state index in [2.05, 4.69) is 58.5 Å². The maximum absolute atomic E-state index is 6.05. The second-order valence-electron chi connectivity index (χ2n) is 5.58. The summed E-state index contributed by atoms with van der Waals surface area (Å²) in [4.78, 5) is 0. The lowest BCUT2D eigenvalue weighted by Gasteiger charge is -2.37. The molecule has 1 nitrogen and oxygen atoms in total. The Morgan fingerprint density at radius 1 is 1.15 bits per heavy atom. The van der Waals surface area contributed by atoms with Crippen LogP contribution in [0.5, 0.6) is 0 Å². The highest BCUT2D eigenvalue weighted by molar-refractivity contribution is 9.10. The molecule has 1 aliphatic carbocycles. The van der Waals surface area contributed by atoms with Crippen molar-refractivity contribution < 1.29 is 0 Å². The van der Waals surface area contributed by atoms with Crippen LogP contribution in [0.15, 0.2) is 46.9 Å². The average molecular weight is 351 g/mol. The van der Waals surface area contributed by atoms with E-state index < -0.39 is 0 Å². The Morgan fingerprint density at radius 3 is 2.65 bits per heavy atom. The standard InChI is InChI=1S/C17H17BrClN/c1-11-5-14(18)10-16(6-11)20-17-8-13(9-17)12-3-2-4-15(19)7-12/h2-7,10,13,17,20H,8-9H2,1H3. The summed E-state index contributed by atoms with van der Waals surface area (Å²) < 4.78 is 1.13. The Labute approximate surface area is 133 Å². The van der Waals surface area contributed by atoms with Crippen molar-refractivity contribution in [3.8, 4) is 0 Å². The van der Waals surface area contributed by atoms with Crippen molar-refractivity contribution in [1.29, 1.82) is 0 Å². The third-order valence-electron chi connectivity index (χ3n) is 3.87. The predicted octanol–water partition coefficient (Wildman–Crippen LogP) is 5.77. The molecule has 2 aromatic rings. The van der Waals surface area contributed by atoms with Crippen molar-refractivity contribution in [2.75, 3.05) is 5.32 Å². The molecule has 3 heteroatoms. The smallest absolute Gasteiger partial charge is 0.0408 e. The molecule has 104 valence electrons. The minimum atomic E-state index is 0.563. The van der Waals surface area contributed by atoms with E-state index in [4.69, 9.17) is 11.6 Å². The highest BCUT2D eigenvalue weighted by Crippen LogP contribution is 2.39. The Morgan fingerprint density at radius 2 is 1.95 bits per heavy atom. The van der Waals surface area contributed by atoms with Crippen molar-refractivity contribution in [3.63, 3.8) is 0 Å². The van der Waals surface area contributed by atoms with Gasteiger partial charge in [0.15, 0.2) is 0 Å². The topological polar surface area (TPSA) is 12.0 Å². The van der Waals surface area contributed by atoms with Crippen LogP contribution in [-0.2, 0) is 0 Å². The largest absolute Gasteiger partial charge is 0.382 e. The van der Waals surface area contributed by atoms with Crippen LogP contribution in [0.1, 0.15) is 29.9 Å². The van der Waals surface area contributed by atoms with Crippen LogP contribution in [-0.4, -0.2) is 6.04 Å². The molecule has 0 aliphatic heterocycles. The summed E-state index contributed by atoms with van der Waals surface area (Å²) in [6, 6.07) is 15.3. The van der Waals surface area contributed by atoms with Gasteiger partial charge in [0, 0.05) is 21.2 Å².